The molecule has 18 heavy (non-hydrogen) atoms. The Morgan fingerprint density at radius 2 is 2.00 bits per heavy atom. The molecule has 1 aromatic carbocycles. The first-order valence-electron chi connectivity index (χ1n) is 5.24. The number of urea groups is 1. The quantitative estimate of drug-likeness (QED) is 0.771. The van der Waals surface area contributed by atoms with Crippen molar-refractivity contribution in [3.63, 3.8) is 0 Å². The van der Waals surface area contributed by atoms with E-state index in [-0.39, 0.29) is 12.4 Å². The van der Waals surface area contributed by atoms with Crippen molar-refractivity contribution in [3.05, 3.63) is 29.3 Å². The fourth-order valence-electron chi connectivity index (χ4n) is 1.36. The van der Waals surface area contributed by atoms with Gasteiger partial charge in [0.25, 0.3) is 5.91 Å². The minimum Gasteiger partial charge on any atom is -0.483 e. The summed E-state index contributed by atoms with van der Waals surface area (Å²) in [4.78, 5) is 32.9. The first-order chi connectivity index (χ1) is 8.40. The molecule has 0 radical (unpaired) electrons. The molecule has 0 unspecified atom stereocenters. The minimum atomic E-state index is -0.945. The molecule has 0 spiro atoms. The maximum Gasteiger partial charge on any atom is 0.318 e. The van der Waals surface area contributed by atoms with Crippen molar-refractivity contribution in [1.29, 1.82) is 0 Å². The van der Waals surface area contributed by atoms with Crippen LogP contribution < -0.4 is 15.8 Å². The average Bonchev–Trinajstić information content (AvgIpc) is 2.25. The van der Waals surface area contributed by atoms with Crippen molar-refractivity contribution in [2.45, 2.75) is 13.8 Å². The summed E-state index contributed by atoms with van der Waals surface area (Å²) in [6.45, 7) is 2.86. The topological polar surface area (TPSA) is 98.5 Å². The summed E-state index contributed by atoms with van der Waals surface area (Å²) in [5.41, 5.74) is 6.06. The van der Waals surface area contributed by atoms with E-state index in [0.717, 1.165) is 5.56 Å². The molecule has 0 atom stereocenters. The largest absolute Gasteiger partial charge is 0.483 e. The van der Waals surface area contributed by atoms with Gasteiger partial charge in [-0.3, -0.25) is 14.9 Å². The summed E-state index contributed by atoms with van der Waals surface area (Å²) in [6.07, 6.45) is 0. The van der Waals surface area contributed by atoms with Gasteiger partial charge in [0.1, 0.15) is 5.75 Å². The van der Waals surface area contributed by atoms with E-state index in [4.69, 9.17) is 10.5 Å². The lowest BCUT2D eigenvalue weighted by Crippen LogP contribution is -2.38. The van der Waals surface area contributed by atoms with Crippen molar-refractivity contribution < 1.29 is 19.1 Å². The molecule has 3 amide bonds. The number of benzene rings is 1. The fraction of sp³-hybridized carbons (Fsp3) is 0.250. The summed E-state index contributed by atoms with van der Waals surface area (Å²) >= 11 is 0. The lowest BCUT2D eigenvalue weighted by atomic mass is 10.1. The Morgan fingerprint density at radius 3 is 2.56 bits per heavy atom. The van der Waals surface area contributed by atoms with Gasteiger partial charge in [0, 0.05) is 0 Å². The van der Waals surface area contributed by atoms with E-state index in [1.54, 1.807) is 18.2 Å². The predicted molar refractivity (Wildman–Crippen MR) is 64.4 cm³/mol. The van der Waals surface area contributed by atoms with Gasteiger partial charge < -0.3 is 10.5 Å². The van der Waals surface area contributed by atoms with E-state index in [1.807, 2.05) is 12.2 Å². The van der Waals surface area contributed by atoms with Crippen LogP contribution in [0, 0.1) is 6.92 Å². The van der Waals surface area contributed by atoms with Gasteiger partial charge in [0.15, 0.2) is 12.4 Å². The van der Waals surface area contributed by atoms with Crippen LogP contribution in [0.2, 0.25) is 0 Å². The van der Waals surface area contributed by atoms with Gasteiger partial charge >= 0.3 is 6.03 Å². The molecule has 1 aromatic rings. The molecule has 0 fully saturated rings. The Labute approximate surface area is 104 Å². The van der Waals surface area contributed by atoms with Crippen LogP contribution in [0.25, 0.3) is 0 Å². The Morgan fingerprint density at radius 1 is 1.33 bits per heavy atom. The Kier molecular flexibility index (Phi) is 4.42. The van der Waals surface area contributed by atoms with E-state index < -0.39 is 11.9 Å². The first kappa shape index (κ1) is 13.7. The third-order valence-electron chi connectivity index (χ3n) is 2.14. The van der Waals surface area contributed by atoms with Crippen molar-refractivity contribution in [3.8, 4) is 5.75 Å². The maximum atomic E-state index is 11.3. The van der Waals surface area contributed by atoms with Crippen LogP contribution in [0.4, 0.5) is 4.79 Å². The summed E-state index contributed by atoms with van der Waals surface area (Å²) in [5, 5.41) is 1.87. The highest BCUT2D eigenvalue weighted by Crippen LogP contribution is 2.20. The molecule has 3 N–H and O–H groups in total. The van der Waals surface area contributed by atoms with Crippen molar-refractivity contribution in [2.24, 2.45) is 5.73 Å². The first-order valence-corrected chi connectivity index (χ1v) is 5.24. The second-order valence-electron chi connectivity index (χ2n) is 3.76. The highest BCUT2D eigenvalue weighted by molar-refractivity contribution is 5.97. The molecule has 0 aliphatic carbocycles. The second-order valence-corrected chi connectivity index (χ2v) is 3.76. The summed E-state index contributed by atoms with van der Waals surface area (Å²) in [5.74, 6) is -0.527. The second kappa shape index (κ2) is 5.81. The smallest absolute Gasteiger partial charge is 0.318 e. The van der Waals surface area contributed by atoms with Gasteiger partial charge in [-0.2, -0.15) is 0 Å². The summed E-state index contributed by atoms with van der Waals surface area (Å²) < 4.78 is 5.20. The van der Waals surface area contributed by atoms with Gasteiger partial charge in [-0.05, 0) is 31.5 Å². The molecule has 6 nitrogen and oxygen atoms in total. The minimum absolute atomic E-state index is 0.166. The lowest BCUT2D eigenvalue weighted by Gasteiger charge is -2.10. The third kappa shape index (κ3) is 3.89. The van der Waals surface area contributed by atoms with Crippen molar-refractivity contribution >= 4 is 17.7 Å². The standard InChI is InChI=1S/C12H14N2O4/c1-7-3-4-9(8(2)15)10(5-7)18-6-11(16)14-12(13)17/h3-5H,6H2,1-2H3,(H3,13,14,16,17). The number of imide groups is 1. The zero-order valence-corrected chi connectivity index (χ0v) is 10.1. The number of nitrogens with one attached hydrogen (secondary N) is 1. The molecular formula is C12H14N2O4. The lowest BCUT2D eigenvalue weighted by molar-refractivity contribution is -0.121. The Bertz CT molecular complexity index is 497. The molecule has 0 saturated heterocycles. The van der Waals surface area contributed by atoms with E-state index in [0.29, 0.717) is 11.3 Å². The number of aryl methyl sites for hydroxylation is 1. The van der Waals surface area contributed by atoms with Gasteiger partial charge in [-0.25, -0.2) is 4.79 Å². The number of amides is 3. The van der Waals surface area contributed by atoms with Crippen LogP contribution in [-0.4, -0.2) is 24.3 Å². The molecular weight excluding hydrogens is 236 g/mol. The highest BCUT2D eigenvalue weighted by Gasteiger charge is 2.11. The van der Waals surface area contributed by atoms with E-state index in [9.17, 15) is 14.4 Å². The van der Waals surface area contributed by atoms with E-state index in [2.05, 4.69) is 0 Å². The number of hydrogen-bond donors (Lipinski definition) is 2. The molecule has 96 valence electrons. The summed E-state index contributed by atoms with van der Waals surface area (Å²) in [7, 11) is 0. The van der Waals surface area contributed by atoms with Gasteiger partial charge in [0.05, 0.1) is 5.56 Å². The summed E-state index contributed by atoms with van der Waals surface area (Å²) in [6, 6.07) is 4.10. The van der Waals surface area contributed by atoms with Crippen LogP contribution in [0.5, 0.6) is 5.75 Å². The molecule has 1 rings (SSSR count). The number of primary amides is 1. The zero-order chi connectivity index (χ0) is 13.7. The number of Topliss-reactive ketones (excluding diaryl/α,β-unsaturated/α-hetero) is 1. The number of carbonyl (C=O) groups excluding carboxylic acids is 3. The fourth-order valence-corrected chi connectivity index (χ4v) is 1.36. The normalized spacial score (nSPS) is 9.67. The molecule has 0 aliphatic rings. The molecule has 0 aromatic heterocycles. The third-order valence-corrected chi connectivity index (χ3v) is 2.14. The number of carbonyl (C=O) groups is 3. The molecule has 0 heterocycles. The van der Waals surface area contributed by atoms with Crippen LogP contribution in [-0.2, 0) is 4.79 Å². The SMILES string of the molecule is CC(=O)c1ccc(C)cc1OCC(=O)NC(N)=O. The van der Waals surface area contributed by atoms with Gasteiger partial charge in [0.2, 0.25) is 0 Å². The van der Waals surface area contributed by atoms with Crippen LogP contribution in [0.3, 0.4) is 0 Å². The highest BCUT2D eigenvalue weighted by atomic mass is 16.5. The number of nitrogens with two attached hydrogens (primary N) is 1. The van der Waals surface area contributed by atoms with Crippen molar-refractivity contribution in [2.75, 3.05) is 6.61 Å². The number of ether oxygens (including phenoxy) is 1. The van der Waals surface area contributed by atoms with Crippen LogP contribution >= 0.6 is 0 Å². The van der Waals surface area contributed by atoms with E-state index >= 15 is 0 Å². The molecule has 0 saturated carbocycles. The molecule has 0 aliphatic heterocycles. The van der Waals surface area contributed by atoms with Gasteiger partial charge in [-0.1, -0.05) is 6.07 Å². The molecule has 0 bridgehead atoms. The van der Waals surface area contributed by atoms with Crippen LogP contribution in [0.1, 0.15) is 22.8 Å². The number of rotatable bonds is 4. The Hall–Kier alpha value is -2.37. The zero-order valence-electron chi connectivity index (χ0n) is 10.1. The monoisotopic (exact) mass is 250 g/mol. The van der Waals surface area contributed by atoms with E-state index in [1.165, 1.54) is 6.92 Å². The molecule has 6 heteroatoms. The number of ketones is 1. The van der Waals surface area contributed by atoms with Crippen molar-refractivity contribution in [1.82, 2.24) is 5.32 Å². The number of hydrogen-bond acceptors (Lipinski definition) is 4. The average molecular weight is 250 g/mol. The van der Waals surface area contributed by atoms with Gasteiger partial charge in [-0.15, -0.1) is 0 Å². The van der Waals surface area contributed by atoms with Crippen LogP contribution in [0.15, 0.2) is 18.2 Å². The Balaban J connectivity index is 2.77. The maximum absolute atomic E-state index is 11.3. The predicted octanol–water partition coefficient (Wildman–Crippen LogP) is 0.771.